The van der Waals surface area contributed by atoms with Gasteiger partial charge in [-0.3, -0.25) is 6.08 Å². The molecule has 0 aromatic heterocycles. The Kier molecular flexibility index (Phi) is 12.9. The number of rotatable bonds is 2. The summed E-state index contributed by atoms with van der Waals surface area (Å²) in [5.74, 6) is 0. The fourth-order valence-corrected chi connectivity index (χ4v) is 7.24. The van der Waals surface area contributed by atoms with Gasteiger partial charge in [0.25, 0.3) is 0 Å². The van der Waals surface area contributed by atoms with Gasteiger partial charge in [-0.1, -0.05) is 73.8 Å². The molecule has 5 heteroatoms. The molecule has 3 aliphatic rings. The van der Waals surface area contributed by atoms with E-state index in [9.17, 15) is 0 Å². The first-order chi connectivity index (χ1) is 15.1. The molecule has 0 heterocycles. The van der Waals surface area contributed by atoms with Crippen LogP contribution in [0.1, 0.15) is 43.2 Å². The average molecular weight is 605 g/mol. The van der Waals surface area contributed by atoms with Crippen LogP contribution in [0.3, 0.4) is 0 Å². The molecule has 2 aromatic carbocycles. The molecule has 0 atom stereocenters. The van der Waals surface area contributed by atoms with Gasteiger partial charge in [-0.25, -0.2) is 12.2 Å². The van der Waals surface area contributed by atoms with Crippen molar-refractivity contribution < 1.29 is 49.0 Å². The SMILES string of the molecule is C[Si](C)(C)c1c[c-]c2c(c1)-c1cc([Si](C)(C)C)ccc1C2.[C-]1=CC=CC1.[Cl-].[Cl-].[Zr+2]=[C]1CCCC1. The van der Waals surface area contributed by atoms with Crippen molar-refractivity contribution in [3.05, 3.63) is 71.8 Å². The molecule has 0 spiro atoms. The molecule has 5 rings (SSSR count). The number of hydrogen-bond donors (Lipinski definition) is 0. The fourth-order valence-electron chi connectivity index (χ4n) is 4.13. The number of allylic oxidation sites excluding steroid dienone is 4. The fraction of sp³-hybridized carbons (Fsp3) is 0.414. The Morgan fingerprint density at radius 1 is 0.824 bits per heavy atom. The monoisotopic (exact) mass is 602 g/mol. The number of fused-ring (bicyclic) bond motifs is 3. The first-order valence-electron chi connectivity index (χ1n) is 12.0. The third kappa shape index (κ3) is 8.97. The molecule has 0 N–H and O–H groups in total. The zero-order valence-corrected chi connectivity index (χ0v) is 27.6. The summed E-state index contributed by atoms with van der Waals surface area (Å²) < 4.78 is 1.79. The van der Waals surface area contributed by atoms with Gasteiger partial charge in [0, 0.05) is 8.07 Å². The molecular formula is C29H38Cl2Si2Zr-2. The molecule has 0 aliphatic heterocycles. The van der Waals surface area contributed by atoms with Crippen LogP contribution < -0.4 is 35.2 Å². The van der Waals surface area contributed by atoms with E-state index in [0.717, 1.165) is 12.8 Å². The Labute approximate surface area is 237 Å². The minimum absolute atomic E-state index is 0. The number of halogens is 2. The molecule has 0 amide bonds. The summed E-state index contributed by atoms with van der Waals surface area (Å²) in [6.45, 7) is 14.5. The van der Waals surface area contributed by atoms with Gasteiger partial charge in [-0.15, -0.1) is 12.0 Å². The zero-order valence-electron chi connectivity index (χ0n) is 21.6. The predicted octanol–water partition coefficient (Wildman–Crippen LogP) is 0.742. The van der Waals surface area contributed by atoms with Crippen LogP contribution in [-0.2, 0) is 30.7 Å². The molecule has 182 valence electrons. The molecule has 2 aromatic rings. The van der Waals surface area contributed by atoms with Crippen molar-refractivity contribution in [1.29, 1.82) is 0 Å². The van der Waals surface area contributed by atoms with Gasteiger partial charge >= 0.3 is 53.1 Å². The van der Waals surface area contributed by atoms with Gasteiger partial charge in [-0.2, -0.15) is 35.0 Å². The summed E-state index contributed by atoms with van der Waals surface area (Å²) in [5.41, 5.74) is 5.79. The Bertz CT molecular complexity index is 948. The van der Waals surface area contributed by atoms with Crippen LogP contribution in [0.2, 0.25) is 39.3 Å². The third-order valence-corrected chi connectivity index (χ3v) is 11.6. The summed E-state index contributed by atoms with van der Waals surface area (Å²) in [4.78, 5) is 0. The molecular weight excluding hydrogens is 567 g/mol. The van der Waals surface area contributed by atoms with E-state index in [-0.39, 0.29) is 24.8 Å². The Morgan fingerprint density at radius 3 is 1.88 bits per heavy atom. The molecule has 1 saturated carbocycles. The van der Waals surface area contributed by atoms with Crippen molar-refractivity contribution in [2.75, 3.05) is 0 Å². The predicted molar refractivity (Wildman–Crippen MR) is 145 cm³/mol. The summed E-state index contributed by atoms with van der Waals surface area (Å²) in [7, 11) is -2.52. The van der Waals surface area contributed by atoms with Gasteiger partial charge < -0.3 is 24.8 Å². The molecule has 0 saturated heterocycles. The van der Waals surface area contributed by atoms with Crippen LogP contribution in [0.4, 0.5) is 0 Å². The van der Waals surface area contributed by atoms with Crippen LogP contribution >= 0.6 is 0 Å². The summed E-state index contributed by atoms with van der Waals surface area (Å²) in [6.07, 6.45) is 16.9. The standard InChI is InChI=1S/C19H25Si2.C5H8.C5H5.2ClH.Zr/c1-20(2,3)16-9-7-14-11-15-8-10-17(21(4,5)6)13-19(15)18(14)12-16;2*1-2-4-5-3-1;;;/h7,9-10,12-13H,11H2,1-6H3;1-4H2;1-3H,4H2;2*1H;/q-1;;-1;;;+2/p-2. The quantitative estimate of drug-likeness (QED) is 0.299. The molecule has 1 fully saturated rings. The average Bonchev–Trinajstić information content (AvgIpc) is 3.49. The molecule has 0 unspecified atom stereocenters. The molecule has 3 aliphatic carbocycles. The zero-order chi connectivity index (χ0) is 23.4. The van der Waals surface area contributed by atoms with Crippen molar-refractivity contribution in [1.82, 2.24) is 0 Å². The van der Waals surface area contributed by atoms with Crippen molar-refractivity contribution in [2.45, 2.75) is 77.8 Å². The third-order valence-electron chi connectivity index (χ3n) is 6.32. The van der Waals surface area contributed by atoms with E-state index in [1.807, 2.05) is 12.2 Å². The summed E-state index contributed by atoms with van der Waals surface area (Å²) >= 11 is 1.68. The normalized spacial score (nSPS) is 15.2. The van der Waals surface area contributed by atoms with E-state index in [4.69, 9.17) is 0 Å². The minimum atomic E-state index is -1.27. The van der Waals surface area contributed by atoms with E-state index in [1.165, 1.54) is 53.1 Å². The Balaban J connectivity index is 0.000000367. The van der Waals surface area contributed by atoms with Crippen molar-refractivity contribution in [3.63, 3.8) is 0 Å². The van der Waals surface area contributed by atoms with E-state index >= 15 is 0 Å². The van der Waals surface area contributed by atoms with Gasteiger partial charge in [-0.05, 0) is 6.42 Å². The van der Waals surface area contributed by atoms with Crippen LogP contribution in [0.25, 0.3) is 11.1 Å². The van der Waals surface area contributed by atoms with E-state index < -0.39 is 16.1 Å². The van der Waals surface area contributed by atoms with E-state index in [2.05, 4.69) is 87.8 Å². The second-order valence-electron chi connectivity index (χ2n) is 11.1. The van der Waals surface area contributed by atoms with Crippen LogP contribution in [0.5, 0.6) is 0 Å². The topological polar surface area (TPSA) is 0 Å². The molecule has 0 radical (unpaired) electrons. The maximum atomic E-state index is 3.58. The van der Waals surface area contributed by atoms with Crippen LogP contribution in [0, 0.1) is 12.1 Å². The second kappa shape index (κ2) is 13.8. The first kappa shape index (κ1) is 31.7. The van der Waals surface area contributed by atoms with Crippen LogP contribution in [-0.4, -0.2) is 19.4 Å². The number of hydrogen-bond acceptors (Lipinski definition) is 0. The Hall–Kier alpha value is -0.313. The molecule has 0 nitrogen and oxygen atoms in total. The summed E-state index contributed by atoms with van der Waals surface area (Å²) in [5, 5.41) is 3.08. The summed E-state index contributed by atoms with van der Waals surface area (Å²) in [6, 6.07) is 15.5. The van der Waals surface area contributed by atoms with E-state index in [0.29, 0.717) is 0 Å². The molecule has 34 heavy (non-hydrogen) atoms. The van der Waals surface area contributed by atoms with Gasteiger partial charge in [0.2, 0.25) is 0 Å². The van der Waals surface area contributed by atoms with Crippen molar-refractivity contribution >= 4 is 29.7 Å². The van der Waals surface area contributed by atoms with Gasteiger partial charge in [0.05, 0.1) is 8.07 Å². The Morgan fingerprint density at radius 2 is 1.44 bits per heavy atom. The number of benzene rings is 2. The van der Waals surface area contributed by atoms with E-state index in [1.54, 1.807) is 32.6 Å². The van der Waals surface area contributed by atoms with Crippen molar-refractivity contribution in [3.8, 4) is 11.1 Å². The second-order valence-corrected chi connectivity index (χ2v) is 23.0. The first-order valence-corrected chi connectivity index (χ1v) is 20.3. The molecule has 0 bridgehead atoms. The van der Waals surface area contributed by atoms with Gasteiger partial charge in [0.1, 0.15) is 0 Å². The van der Waals surface area contributed by atoms with Gasteiger partial charge in [0.15, 0.2) is 0 Å². The van der Waals surface area contributed by atoms with Crippen LogP contribution in [0.15, 0.2) is 48.6 Å². The maximum absolute atomic E-state index is 3.58. The van der Waals surface area contributed by atoms with Crippen molar-refractivity contribution in [2.24, 2.45) is 0 Å².